The molecular formula is C21H17N3O5. The molecule has 3 aromatic carbocycles. The number of amides is 1. The number of hydrogen-bond acceptors (Lipinski definition) is 6. The van der Waals surface area contributed by atoms with Crippen molar-refractivity contribution in [2.75, 3.05) is 6.61 Å². The molecule has 1 amide bonds. The van der Waals surface area contributed by atoms with Crippen LogP contribution in [0.15, 0.2) is 77.9 Å². The summed E-state index contributed by atoms with van der Waals surface area (Å²) in [5.41, 5.74) is 4.13. The third-order valence-corrected chi connectivity index (χ3v) is 3.93. The second-order valence-corrected chi connectivity index (χ2v) is 5.95. The molecule has 0 aliphatic rings. The molecule has 0 saturated heterocycles. The molecule has 146 valence electrons. The van der Waals surface area contributed by atoms with Crippen LogP contribution >= 0.6 is 0 Å². The summed E-state index contributed by atoms with van der Waals surface area (Å²) in [6, 6.07) is 20.8. The molecule has 0 aliphatic carbocycles. The zero-order chi connectivity index (χ0) is 20.6. The molecule has 0 saturated carbocycles. The summed E-state index contributed by atoms with van der Waals surface area (Å²) < 4.78 is 5.62. The van der Waals surface area contributed by atoms with E-state index in [1.807, 2.05) is 48.5 Å². The average Bonchev–Trinajstić information content (AvgIpc) is 2.73. The Bertz CT molecular complexity index is 1050. The molecule has 0 radical (unpaired) electrons. The van der Waals surface area contributed by atoms with Crippen molar-refractivity contribution in [3.63, 3.8) is 0 Å². The quantitative estimate of drug-likeness (QED) is 0.363. The van der Waals surface area contributed by atoms with Crippen LogP contribution in [0.4, 0.5) is 5.69 Å². The maximum atomic E-state index is 12.0. The fraction of sp³-hybridized carbons (Fsp3) is 0.0476. The predicted octanol–water partition coefficient (Wildman–Crippen LogP) is 3.50. The Morgan fingerprint density at radius 2 is 1.83 bits per heavy atom. The van der Waals surface area contributed by atoms with E-state index in [2.05, 4.69) is 10.5 Å². The Balaban J connectivity index is 1.58. The Hall–Kier alpha value is -4.20. The van der Waals surface area contributed by atoms with E-state index in [9.17, 15) is 20.0 Å². The molecule has 29 heavy (non-hydrogen) atoms. The lowest BCUT2D eigenvalue weighted by Crippen LogP contribution is -2.24. The molecule has 3 aromatic rings. The Kier molecular flexibility index (Phi) is 6.16. The van der Waals surface area contributed by atoms with E-state index >= 15 is 0 Å². The summed E-state index contributed by atoms with van der Waals surface area (Å²) in [6.07, 6.45) is 1.26. The zero-order valence-corrected chi connectivity index (χ0v) is 15.2. The lowest BCUT2D eigenvalue weighted by molar-refractivity contribution is -0.385. The molecule has 0 heterocycles. The van der Waals surface area contributed by atoms with Gasteiger partial charge < -0.3 is 9.84 Å². The molecule has 3 rings (SSSR count). The lowest BCUT2D eigenvalue weighted by Gasteiger charge is -2.10. The van der Waals surface area contributed by atoms with Crippen molar-refractivity contribution in [2.24, 2.45) is 5.10 Å². The molecule has 8 nitrogen and oxygen atoms in total. The minimum Gasteiger partial charge on any atom is -0.502 e. The minimum atomic E-state index is -0.692. The number of hydrazone groups is 1. The van der Waals surface area contributed by atoms with Crippen molar-refractivity contribution >= 4 is 17.8 Å². The van der Waals surface area contributed by atoms with Crippen LogP contribution in [0.25, 0.3) is 11.1 Å². The van der Waals surface area contributed by atoms with Crippen LogP contribution in [0, 0.1) is 10.1 Å². The van der Waals surface area contributed by atoms with E-state index in [4.69, 9.17) is 4.74 Å². The zero-order valence-electron chi connectivity index (χ0n) is 15.2. The van der Waals surface area contributed by atoms with Gasteiger partial charge in [-0.25, -0.2) is 5.43 Å². The van der Waals surface area contributed by atoms with Crippen molar-refractivity contribution in [2.45, 2.75) is 0 Å². The molecule has 2 N–H and O–H groups in total. The molecule has 0 atom stereocenters. The average molecular weight is 391 g/mol. The number of phenols is 1. The van der Waals surface area contributed by atoms with Gasteiger partial charge in [0.05, 0.1) is 11.1 Å². The third kappa shape index (κ3) is 5.16. The summed E-state index contributed by atoms with van der Waals surface area (Å²) in [4.78, 5) is 22.0. The van der Waals surface area contributed by atoms with Crippen LogP contribution < -0.4 is 10.2 Å². The van der Waals surface area contributed by atoms with Crippen LogP contribution in [-0.2, 0) is 4.79 Å². The number of carbonyl (C=O) groups excluding carboxylic acids is 1. The number of rotatable bonds is 7. The van der Waals surface area contributed by atoms with Gasteiger partial charge in [-0.15, -0.1) is 0 Å². The van der Waals surface area contributed by atoms with E-state index in [1.54, 1.807) is 6.07 Å². The maximum absolute atomic E-state index is 12.0. The number of aromatic hydroxyl groups is 1. The van der Waals surface area contributed by atoms with Gasteiger partial charge in [0.1, 0.15) is 5.75 Å². The normalized spacial score (nSPS) is 10.6. The lowest BCUT2D eigenvalue weighted by atomic mass is 10.1. The minimum absolute atomic E-state index is 0.243. The summed E-state index contributed by atoms with van der Waals surface area (Å²) in [7, 11) is 0. The van der Waals surface area contributed by atoms with Crippen LogP contribution in [0.2, 0.25) is 0 Å². The monoisotopic (exact) mass is 391 g/mol. The molecule has 0 bridgehead atoms. The SMILES string of the molecule is O=C(COc1ccccc1-c1ccccc1)N/N=C/c1ccc([N+](=O)[O-])c(O)c1. The summed E-state index contributed by atoms with van der Waals surface area (Å²) in [5, 5.41) is 24.0. The number of carbonyl (C=O) groups is 1. The van der Waals surface area contributed by atoms with Crippen molar-refractivity contribution in [1.82, 2.24) is 5.43 Å². The van der Waals surface area contributed by atoms with Gasteiger partial charge in [0.2, 0.25) is 0 Å². The van der Waals surface area contributed by atoms with Gasteiger partial charge in [0.15, 0.2) is 12.4 Å². The Labute approximate surface area is 166 Å². The predicted molar refractivity (Wildman–Crippen MR) is 108 cm³/mol. The van der Waals surface area contributed by atoms with Gasteiger partial charge in [0, 0.05) is 11.6 Å². The topological polar surface area (TPSA) is 114 Å². The van der Waals surface area contributed by atoms with Gasteiger partial charge in [-0.3, -0.25) is 14.9 Å². The molecule has 0 aromatic heterocycles. The number of nitrogens with zero attached hydrogens (tertiary/aromatic N) is 2. The number of nitro benzene ring substituents is 1. The number of nitro groups is 1. The highest BCUT2D eigenvalue weighted by atomic mass is 16.6. The molecule has 0 spiro atoms. The molecule has 0 aliphatic heterocycles. The standard InChI is InChI=1S/C21H17N3O5/c25-19-12-15(10-11-18(19)24(27)28)13-22-23-21(26)14-29-20-9-5-4-8-17(20)16-6-2-1-3-7-16/h1-13,25H,14H2,(H,23,26)/b22-13+. The fourth-order valence-corrected chi connectivity index (χ4v) is 2.58. The maximum Gasteiger partial charge on any atom is 0.310 e. The van der Waals surface area contributed by atoms with Crippen molar-refractivity contribution in [3.8, 4) is 22.6 Å². The second kappa shape index (κ2) is 9.14. The van der Waals surface area contributed by atoms with Crippen LogP contribution in [-0.4, -0.2) is 28.8 Å². The van der Waals surface area contributed by atoms with Gasteiger partial charge in [0.25, 0.3) is 5.91 Å². The van der Waals surface area contributed by atoms with Crippen LogP contribution in [0.1, 0.15) is 5.56 Å². The Morgan fingerprint density at radius 3 is 2.55 bits per heavy atom. The molecule has 8 heteroatoms. The van der Waals surface area contributed by atoms with Crippen molar-refractivity contribution in [1.29, 1.82) is 0 Å². The molecule has 0 unspecified atom stereocenters. The van der Waals surface area contributed by atoms with Gasteiger partial charge in [-0.2, -0.15) is 5.10 Å². The van der Waals surface area contributed by atoms with Crippen molar-refractivity contribution in [3.05, 3.63) is 88.5 Å². The van der Waals surface area contributed by atoms with Crippen LogP contribution in [0.5, 0.6) is 11.5 Å². The number of para-hydroxylation sites is 1. The number of phenolic OH excluding ortho intramolecular Hbond substituents is 1. The second-order valence-electron chi connectivity index (χ2n) is 5.95. The highest BCUT2D eigenvalue weighted by molar-refractivity contribution is 5.84. The number of nitrogens with one attached hydrogen (secondary N) is 1. The smallest absolute Gasteiger partial charge is 0.310 e. The Morgan fingerprint density at radius 1 is 1.10 bits per heavy atom. The number of benzene rings is 3. The van der Waals surface area contributed by atoms with Gasteiger partial charge in [-0.05, 0) is 29.3 Å². The van der Waals surface area contributed by atoms with E-state index in [0.717, 1.165) is 17.2 Å². The highest BCUT2D eigenvalue weighted by Gasteiger charge is 2.12. The van der Waals surface area contributed by atoms with Gasteiger partial charge in [-0.1, -0.05) is 48.5 Å². The van der Waals surface area contributed by atoms with E-state index in [1.165, 1.54) is 18.3 Å². The summed E-state index contributed by atoms with van der Waals surface area (Å²) in [6.45, 7) is -0.243. The van der Waals surface area contributed by atoms with Gasteiger partial charge >= 0.3 is 5.69 Å². The first-order valence-corrected chi connectivity index (χ1v) is 8.61. The van der Waals surface area contributed by atoms with E-state index in [-0.39, 0.29) is 6.61 Å². The highest BCUT2D eigenvalue weighted by Crippen LogP contribution is 2.29. The fourth-order valence-electron chi connectivity index (χ4n) is 2.58. The summed E-state index contributed by atoms with van der Waals surface area (Å²) >= 11 is 0. The van der Waals surface area contributed by atoms with E-state index < -0.39 is 22.3 Å². The number of ether oxygens (including phenoxy) is 1. The first kappa shape index (κ1) is 19.6. The molecule has 0 fully saturated rings. The van der Waals surface area contributed by atoms with E-state index in [0.29, 0.717) is 11.3 Å². The number of hydrogen-bond donors (Lipinski definition) is 2. The first-order chi connectivity index (χ1) is 14.0. The first-order valence-electron chi connectivity index (χ1n) is 8.61. The van der Waals surface area contributed by atoms with Crippen molar-refractivity contribution < 1.29 is 19.6 Å². The van der Waals surface area contributed by atoms with Crippen LogP contribution in [0.3, 0.4) is 0 Å². The third-order valence-electron chi connectivity index (χ3n) is 3.93. The summed E-state index contributed by atoms with van der Waals surface area (Å²) in [5.74, 6) is -0.389. The largest absolute Gasteiger partial charge is 0.502 e. The molecular weight excluding hydrogens is 374 g/mol.